The molecule has 0 amide bonds. The molecule has 0 spiro atoms. The largest absolute Gasteiger partial charge is 0.534 e. The standard InChI is InChI=1S/C26H16F6O7S2/c27-25(28,29)40(33,34)38-23-13-5-19(6-14-23)17-1-9-21(10-2-17)37-22-11-3-18(4-12-22)20-7-15-24(16-8-20)39-41(35,36)26(30,31)32/h1-16H. The van der Waals surface area contributed by atoms with E-state index >= 15 is 0 Å². The van der Waals surface area contributed by atoms with E-state index in [0.717, 1.165) is 24.3 Å². The van der Waals surface area contributed by atoms with Crippen LogP contribution in [0.3, 0.4) is 0 Å². The van der Waals surface area contributed by atoms with Crippen LogP contribution >= 0.6 is 0 Å². The second-order valence-corrected chi connectivity index (χ2v) is 11.2. The van der Waals surface area contributed by atoms with Crippen LogP contribution in [0.5, 0.6) is 23.0 Å². The van der Waals surface area contributed by atoms with Gasteiger partial charge < -0.3 is 13.1 Å². The van der Waals surface area contributed by atoms with Crippen LogP contribution in [0.4, 0.5) is 26.3 Å². The predicted octanol–water partition coefficient (Wildman–Crippen LogP) is 7.27. The summed E-state index contributed by atoms with van der Waals surface area (Å²) in [6.07, 6.45) is 0. The molecular formula is C26H16F6O7S2. The van der Waals surface area contributed by atoms with E-state index < -0.39 is 42.8 Å². The molecule has 0 aromatic heterocycles. The highest BCUT2D eigenvalue weighted by molar-refractivity contribution is 7.88. The number of rotatable bonds is 8. The first-order chi connectivity index (χ1) is 19.0. The first-order valence-electron chi connectivity index (χ1n) is 11.1. The number of hydrogen-bond donors (Lipinski definition) is 0. The van der Waals surface area contributed by atoms with Gasteiger partial charge in [0.2, 0.25) is 0 Å². The fourth-order valence-electron chi connectivity index (χ4n) is 3.32. The minimum Gasteiger partial charge on any atom is -0.457 e. The maximum atomic E-state index is 12.5. The Morgan fingerprint density at radius 3 is 0.829 bits per heavy atom. The second-order valence-electron chi connectivity index (χ2n) is 8.17. The highest BCUT2D eigenvalue weighted by Crippen LogP contribution is 2.32. The zero-order valence-electron chi connectivity index (χ0n) is 20.2. The third kappa shape index (κ3) is 7.10. The van der Waals surface area contributed by atoms with Gasteiger partial charge in [-0.2, -0.15) is 43.2 Å². The normalized spacial score (nSPS) is 12.5. The van der Waals surface area contributed by atoms with E-state index in [1.807, 2.05) is 0 Å². The third-order valence-electron chi connectivity index (χ3n) is 5.30. The molecule has 4 aromatic carbocycles. The van der Waals surface area contributed by atoms with Gasteiger partial charge in [0.15, 0.2) is 0 Å². The van der Waals surface area contributed by atoms with Crippen molar-refractivity contribution in [3.8, 4) is 45.3 Å². The Kier molecular flexibility index (Phi) is 7.96. The Bertz CT molecular complexity index is 1580. The smallest absolute Gasteiger partial charge is 0.457 e. The number of ether oxygens (including phenoxy) is 1. The van der Waals surface area contributed by atoms with E-state index in [9.17, 15) is 43.2 Å². The molecule has 0 aliphatic rings. The zero-order chi connectivity index (χ0) is 30.1. The molecule has 0 fully saturated rings. The van der Waals surface area contributed by atoms with Gasteiger partial charge in [0.05, 0.1) is 0 Å². The number of alkyl halides is 6. The highest BCUT2D eigenvalue weighted by Gasteiger charge is 2.49. The summed E-state index contributed by atoms with van der Waals surface area (Å²) in [6.45, 7) is 0. The maximum Gasteiger partial charge on any atom is 0.534 e. The molecule has 15 heteroatoms. The Morgan fingerprint density at radius 2 is 0.610 bits per heavy atom. The van der Waals surface area contributed by atoms with Crippen LogP contribution in [0.15, 0.2) is 97.1 Å². The van der Waals surface area contributed by atoms with Gasteiger partial charge >= 0.3 is 31.3 Å². The SMILES string of the molecule is O=S(=O)(Oc1ccc(-c2ccc(Oc3ccc(-c4ccc(OS(=O)(=O)C(F)(F)F)cc4)cc3)cc2)cc1)C(F)(F)F. The summed E-state index contributed by atoms with van der Waals surface area (Å²) in [4.78, 5) is 0. The number of halogens is 6. The van der Waals surface area contributed by atoms with Gasteiger partial charge in [0, 0.05) is 0 Å². The molecule has 7 nitrogen and oxygen atoms in total. The Balaban J connectivity index is 1.38. The zero-order valence-corrected chi connectivity index (χ0v) is 21.8. The molecular weight excluding hydrogens is 602 g/mol. The van der Waals surface area contributed by atoms with Crippen molar-refractivity contribution in [2.75, 3.05) is 0 Å². The molecule has 4 aromatic rings. The fourth-order valence-corrected chi connectivity index (χ4v) is 4.24. The van der Waals surface area contributed by atoms with Gasteiger partial charge in [-0.3, -0.25) is 0 Å². The molecule has 0 aliphatic heterocycles. The Labute approximate surface area is 229 Å². The van der Waals surface area contributed by atoms with Crippen LogP contribution < -0.4 is 13.1 Å². The molecule has 0 heterocycles. The lowest BCUT2D eigenvalue weighted by Crippen LogP contribution is -2.28. The van der Waals surface area contributed by atoms with Gasteiger partial charge in [-0.15, -0.1) is 0 Å². The van der Waals surface area contributed by atoms with Gasteiger partial charge in [-0.25, -0.2) is 0 Å². The summed E-state index contributed by atoms with van der Waals surface area (Å²) >= 11 is 0. The Hall–Kier alpha value is -4.24. The molecule has 4 rings (SSSR count). The molecule has 0 unspecified atom stereocenters. The monoisotopic (exact) mass is 618 g/mol. The average molecular weight is 619 g/mol. The molecule has 41 heavy (non-hydrogen) atoms. The summed E-state index contributed by atoms with van der Waals surface area (Å²) in [5, 5.41) is 0. The molecule has 0 atom stereocenters. The van der Waals surface area contributed by atoms with Crippen LogP contribution in [0.25, 0.3) is 22.3 Å². The van der Waals surface area contributed by atoms with Crippen LogP contribution in [0, 0.1) is 0 Å². The van der Waals surface area contributed by atoms with E-state index in [-0.39, 0.29) is 0 Å². The Morgan fingerprint density at radius 1 is 0.390 bits per heavy atom. The number of benzene rings is 4. The van der Waals surface area contributed by atoms with E-state index in [2.05, 4.69) is 8.37 Å². The van der Waals surface area contributed by atoms with Crippen molar-refractivity contribution in [1.82, 2.24) is 0 Å². The van der Waals surface area contributed by atoms with Gasteiger partial charge in [-0.05, 0) is 70.8 Å². The summed E-state index contributed by atoms with van der Waals surface area (Å²) in [5.74, 6) is -0.0866. The van der Waals surface area contributed by atoms with Crippen molar-refractivity contribution in [3.05, 3.63) is 97.1 Å². The summed E-state index contributed by atoms with van der Waals surface area (Å²) in [7, 11) is -11.5. The quantitative estimate of drug-likeness (QED) is 0.116. The van der Waals surface area contributed by atoms with Crippen molar-refractivity contribution in [2.45, 2.75) is 11.0 Å². The first-order valence-corrected chi connectivity index (χ1v) is 14.0. The summed E-state index contributed by atoms with van der Waals surface area (Å²) < 4.78 is 133. The number of hydrogen-bond acceptors (Lipinski definition) is 7. The molecule has 0 bridgehead atoms. The predicted molar refractivity (Wildman–Crippen MR) is 135 cm³/mol. The lowest BCUT2D eigenvalue weighted by atomic mass is 10.1. The van der Waals surface area contributed by atoms with Crippen LogP contribution in [0.1, 0.15) is 0 Å². The topological polar surface area (TPSA) is 96.0 Å². The third-order valence-corrected chi connectivity index (χ3v) is 7.26. The lowest BCUT2D eigenvalue weighted by molar-refractivity contribution is -0.0504. The lowest BCUT2D eigenvalue weighted by Gasteiger charge is -2.11. The van der Waals surface area contributed by atoms with Crippen molar-refractivity contribution < 1.29 is 56.3 Å². The van der Waals surface area contributed by atoms with Crippen LogP contribution in [-0.4, -0.2) is 27.9 Å². The van der Waals surface area contributed by atoms with Gasteiger partial charge in [-0.1, -0.05) is 48.5 Å². The molecule has 0 aliphatic carbocycles. The van der Waals surface area contributed by atoms with Crippen molar-refractivity contribution >= 4 is 20.2 Å². The van der Waals surface area contributed by atoms with Crippen molar-refractivity contribution in [1.29, 1.82) is 0 Å². The van der Waals surface area contributed by atoms with Gasteiger partial charge in [0.25, 0.3) is 0 Å². The summed E-state index contributed by atoms with van der Waals surface area (Å²) in [6, 6.07) is 23.2. The fraction of sp³-hybridized carbons (Fsp3) is 0.0769. The molecule has 0 saturated heterocycles. The van der Waals surface area contributed by atoms with E-state index in [1.54, 1.807) is 48.5 Å². The molecule has 0 radical (unpaired) electrons. The first kappa shape index (κ1) is 29.7. The summed E-state index contributed by atoms with van der Waals surface area (Å²) in [5.41, 5.74) is -8.62. The van der Waals surface area contributed by atoms with Crippen LogP contribution in [0.2, 0.25) is 0 Å². The van der Waals surface area contributed by atoms with E-state index in [4.69, 9.17) is 4.74 Å². The average Bonchev–Trinajstić information content (AvgIpc) is 2.89. The minimum atomic E-state index is -5.77. The van der Waals surface area contributed by atoms with E-state index in [0.29, 0.717) is 33.8 Å². The second kappa shape index (κ2) is 11.0. The molecule has 216 valence electrons. The maximum absolute atomic E-state index is 12.5. The van der Waals surface area contributed by atoms with Crippen molar-refractivity contribution in [3.63, 3.8) is 0 Å². The van der Waals surface area contributed by atoms with Crippen molar-refractivity contribution in [2.24, 2.45) is 0 Å². The van der Waals surface area contributed by atoms with Crippen LogP contribution in [-0.2, 0) is 20.2 Å². The van der Waals surface area contributed by atoms with Gasteiger partial charge in [0.1, 0.15) is 23.0 Å². The van der Waals surface area contributed by atoms with E-state index in [1.165, 1.54) is 24.3 Å². The molecule has 0 N–H and O–H groups in total. The minimum absolute atomic E-state index is 0.449. The highest BCUT2D eigenvalue weighted by atomic mass is 32.2. The molecule has 0 saturated carbocycles.